The van der Waals surface area contributed by atoms with E-state index in [-0.39, 0.29) is 6.61 Å². The normalized spacial score (nSPS) is 9.88. The van der Waals surface area contributed by atoms with E-state index in [2.05, 4.69) is 11.4 Å². The van der Waals surface area contributed by atoms with Crippen molar-refractivity contribution in [2.45, 2.75) is 13.2 Å². The van der Waals surface area contributed by atoms with Crippen LogP contribution in [0.15, 0.2) is 35.7 Å². The van der Waals surface area contributed by atoms with Gasteiger partial charge in [-0.15, -0.1) is 11.3 Å². The minimum Gasteiger partial charge on any atom is -0.392 e. The highest BCUT2D eigenvalue weighted by atomic mass is 32.1. The Hall–Kier alpha value is -1.83. The van der Waals surface area contributed by atoms with Crippen molar-refractivity contribution in [3.05, 3.63) is 51.7 Å². The molecule has 2 aromatic rings. The maximum atomic E-state index is 9.02. The third-order valence-electron chi connectivity index (χ3n) is 2.36. The molecule has 2 N–H and O–H groups in total. The van der Waals surface area contributed by atoms with Crippen LogP contribution in [0.5, 0.6) is 0 Å². The molecule has 1 aromatic heterocycles. The Morgan fingerprint density at radius 3 is 2.94 bits per heavy atom. The molecular formula is C13H12N2OS. The molecule has 4 heteroatoms. The number of hydrogen-bond donors (Lipinski definition) is 2. The van der Waals surface area contributed by atoms with Gasteiger partial charge in [-0.25, -0.2) is 0 Å². The summed E-state index contributed by atoms with van der Waals surface area (Å²) in [5.41, 5.74) is 2.57. The van der Waals surface area contributed by atoms with Crippen molar-refractivity contribution in [3.8, 4) is 6.07 Å². The molecule has 0 unspecified atom stereocenters. The van der Waals surface area contributed by atoms with Crippen molar-refractivity contribution in [2.75, 3.05) is 5.32 Å². The van der Waals surface area contributed by atoms with Gasteiger partial charge >= 0.3 is 0 Å². The number of thiophene rings is 1. The highest BCUT2D eigenvalue weighted by Gasteiger charge is 1.99. The van der Waals surface area contributed by atoms with Crippen LogP contribution in [0.3, 0.4) is 0 Å². The fourth-order valence-electron chi connectivity index (χ4n) is 1.50. The Kier molecular flexibility index (Phi) is 3.76. The van der Waals surface area contributed by atoms with E-state index < -0.39 is 0 Å². The predicted octanol–water partition coefficient (Wildman–Crippen LogP) is 2.72. The van der Waals surface area contributed by atoms with Crippen LogP contribution in [-0.2, 0) is 13.2 Å². The van der Waals surface area contributed by atoms with Gasteiger partial charge in [-0.2, -0.15) is 5.26 Å². The standard InChI is InChI=1S/C13H12N2OS/c14-6-11-5-13(17-9-11)7-15-12-3-1-2-10(4-12)8-16/h1-5,9,15-16H,7-8H2. The summed E-state index contributed by atoms with van der Waals surface area (Å²) in [6, 6.07) is 11.7. The predicted molar refractivity (Wildman–Crippen MR) is 68.7 cm³/mol. The lowest BCUT2D eigenvalue weighted by Gasteiger charge is -2.05. The van der Waals surface area contributed by atoms with Gasteiger partial charge in [0.05, 0.1) is 12.2 Å². The molecule has 0 saturated carbocycles. The van der Waals surface area contributed by atoms with Crippen molar-refractivity contribution in [3.63, 3.8) is 0 Å². The van der Waals surface area contributed by atoms with Crippen LogP contribution in [0, 0.1) is 11.3 Å². The second-order valence-electron chi connectivity index (χ2n) is 3.63. The molecular weight excluding hydrogens is 232 g/mol. The number of aliphatic hydroxyl groups is 1. The third-order valence-corrected chi connectivity index (χ3v) is 3.30. The van der Waals surface area contributed by atoms with Crippen LogP contribution >= 0.6 is 11.3 Å². The average molecular weight is 244 g/mol. The number of nitriles is 1. The van der Waals surface area contributed by atoms with Gasteiger partial charge in [0.25, 0.3) is 0 Å². The number of anilines is 1. The lowest BCUT2D eigenvalue weighted by Crippen LogP contribution is -1.97. The molecule has 17 heavy (non-hydrogen) atoms. The zero-order chi connectivity index (χ0) is 12.1. The number of nitrogens with one attached hydrogen (secondary N) is 1. The largest absolute Gasteiger partial charge is 0.392 e. The van der Waals surface area contributed by atoms with Gasteiger partial charge in [0.2, 0.25) is 0 Å². The summed E-state index contributed by atoms with van der Waals surface area (Å²) in [6.45, 7) is 0.744. The monoisotopic (exact) mass is 244 g/mol. The van der Waals surface area contributed by atoms with Crippen LogP contribution < -0.4 is 5.32 Å². The SMILES string of the molecule is N#Cc1csc(CNc2cccc(CO)c2)c1. The zero-order valence-corrected chi connectivity index (χ0v) is 10.00. The Labute approximate surface area is 104 Å². The number of nitrogens with zero attached hydrogens (tertiary/aromatic N) is 1. The lowest BCUT2D eigenvalue weighted by atomic mass is 10.2. The number of rotatable bonds is 4. The molecule has 0 atom stereocenters. The first-order valence-corrected chi connectivity index (χ1v) is 6.11. The van der Waals surface area contributed by atoms with Crippen LogP contribution in [0.1, 0.15) is 16.0 Å². The molecule has 0 aliphatic heterocycles. The molecule has 0 spiro atoms. The summed E-state index contributed by atoms with van der Waals surface area (Å²) in [7, 11) is 0. The van der Waals surface area contributed by atoms with Gasteiger partial charge in [-0.1, -0.05) is 12.1 Å². The van der Waals surface area contributed by atoms with Gasteiger partial charge in [-0.05, 0) is 23.8 Å². The highest BCUT2D eigenvalue weighted by molar-refractivity contribution is 7.10. The van der Waals surface area contributed by atoms with Gasteiger partial charge in [-0.3, -0.25) is 0 Å². The number of benzene rings is 1. The van der Waals surface area contributed by atoms with E-state index in [1.165, 1.54) is 0 Å². The summed E-state index contributed by atoms with van der Waals surface area (Å²) in [6.07, 6.45) is 0. The summed E-state index contributed by atoms with van der Waals surface area (Å²) >= 11 is 1.57. The molecule has 0 saturated heterocycles. The van der Waals surface area contributed by atoms with Crippen LogP contribution in [0.2, 0.25) is 0 Å². The molecule has 0 fully saturated rings. The Bertz CT molecular complexity index is 542. The maximum absolute atomic E-state index is 9.02. The van der Waals surface area contributed by atoms with Gasteiger partial charge in [0, 0.05) is 22.5 Å². The summed E-state index contributed by atoms with van der Waals surface area (Å²) < 4.78 is 0. The van der Waals surface area contributed by atoms with Gasteiger partial charge in [0.15, 0.2) is 0 Å². The maximum Gasteiger partial charge on any atom is 0.100 e. The molecule has 0 radical (unpaired) electrons. The fraction of sp³-hybridized carbons (Fsp3) is 0.154. The summed E-state index contributed by atoms with van der Waals surface area (Å²) in [5, 5.41) is 22.8. The van der Waals surface area contributed by atoms with E-state index in [0.29, 0.717) is 12.1 Å². The Morgan fingerprint density at radius 1 is 1.35 bits per heavy atom. The fourth-order valence-corrected chi connectivity index (χ4v) is 2.25. The third kappa shape index (κ3) is 3.06. The van der Waals surface area contributed by atoms with E-state index in [0.717, 1.165) is 16.1 Å². The number of hydrogen-bond acceptors (Lipinski definition) is 4. The van der Waals surface area contributed by atoms with E-state index in [9.17, 15) is 0 Å². The van der Waals surface area contributed by atoms with Crippen LogP contribution in [0.4, 0.5) is 5.69 Å². The zero-order valence-electron chi connectivity index (χ0n) is 9.18. The Morgan fingerprint density at radius 2 is 2.24 bits per heavy atom. The molecule has 1 aromatic carbocycles. The minimum absolute atomic E-state index is 0.0487. The first kappa shape index (κ1) is 11.6. The van der Waals surface area contributed by atoms with Crippen molar-refractivity contribution < 1.29 is 5.11 Å². The minimum atomic E-state index is 0.0487. The molecule has 0 amide bonds. The molecule has 1 heterocycles. The lowest BCUT2D eigenvalue weighted by molar-refractivity contribution is 0.282. The second-order valence-corrected chi connectivity index (χ2v) is 4.62. The van der Waals surface area contributed by atoms with Gasteiger partial charge in [0.1, 0.15) is 6.07 Å². The Balaban J connectivity index is 1.99. The average Bonchev–Trinajstić information content (AvgIpc) is 2.84. The summed E-state index contributed by atoms with van der Waals surface area (Å²) in [5.74, 6) is 0. The smallest absolute Gasteiger partial charge is 0.100 e. The van der Waals surface area contributed by atoms with Crippen molar-refractivity contribution in [1.82, 2.24) is 0 Å². The summed E-state index contributed by atoms with van der Waals surface area (Å²) in [4.78, 5) is 1.12. The molecule has 2 rings (SSSR count). The number of aliphatic hydroxyl groups excluding tert-OH is 1. The first-order chi connectivity index (χ1) is 8.31. The first-order valence-electron chi connectivity index (χ1n) is 5.23. The quantitative estimate of drug-likeness (QED) is 0.869. The van der Waals surface area contributed by atoms with Crippen molar-refractivity contribution in [1.29, 1.82) is 5.26 Å². The van der Waals surface area contributed by atoms with E-state index in [1.807, 2.05) is 35.7 Å². The van der Waals surface area contributed by atoms with Crippen LogP contribution in [0.25, 0.3) is 0 Å². The van der Waals surface area contributed by atoms with E-state index in [4.69, 9.17) is 10.4 Å². The molecule has 86 valence electrons. The van der Waals surface area contributed by atoms with Crippen molar-refractivity contribution >= 4 is 17.0 Å². The molecule has 3 nitrogen and oxygen atoms in total. The topological polar surface area (TPSA) is 56.0 Å². The van der Waals surface area contributed by atoms with E-state index >= 15 is 0 Å². The molecule has 0 aliphatic rings. The van der Waals surface area contributed by atoms with Crippen LogP contribution in [-0.4, -0.2) is 5.11 Å². The highest BCUT2D eigenvalue weighted by Crippen LogP contribution is 2.17. The second kappa shape index (κ2) is 5.48. The van der Waals surface area contributed by atoms with E-state index in [1.54, 1.807) is 11.3 Å². The molecule has 0 bridgehead atoms. The molecule has 0 aliphatic carbocycles. The van der Waals surface area contributed by atoms with Crippen molar-refractivity contribution in [2.24, 2.45) is 0 Å². The van der Waals surface area contributed by atoms with Gasteiger partial charge < -0.3 is 10.4 Å².